The molecule has 63 heavy (non-hydrogen) atoms. The highest BCUT2D eigenvalue weighted by molar-refractivity contribution is 5.96. The predicted octanol–water partition coefficient (Wildman–Crippen LogP) is 0.430. The summed E-state index contributed by atoms with van der Waals surface area (Å²) in [5.41, 5.74) is 7.21. The van der Waals surface area contributed by atoms with Gasteiger partial charge in [0.05, 0.1) is 6.54 Å². The van der Waals surface area contributed by atoms with Gasteiger partial charge in [-0.3, -0.25) is 28.9 Å². The first kappa shape index (κ1) is 52.4. The van der Waals surface area contributed by atoms with Crippen LogP contribution in [0.15, 0.2) is 60.7 Å². The van der Waals surface area contributed by atoms with Crippen LogP contribution in [0.25, 0.3) is 0 Å². The maximum atomic E-state index is 14.0. The summed E-state index contributed by atoms with van der Waals surface area (Å²) in [5.74, 6) is -4.40. The lowest BCUT2D eigenvalue weighted by Crippen LogP contribution is -2.60. The Labute approximate surface area is 373 Å². The van der Waals surface area contributed by atoms with E-state index in [2.05, 4.69) is 47.4 Å². The number of nitrogens with one attached hydrogen (secondary N) is 8. The van der Waals surface area contributed by atoms with E-state index in [9.17, 15) is 33.9 Å². The summed E-state index contributed by atoms with van der Waals surface area (Å²) in [6, 6.07) is 12.4. The van der Waals surface area contributed by atoms with Gasteiger partial charge in [0.2, 0.25) is 29.5 Å². The van der Waals surface area contributed by atoms with E-state index in [1.807, 2.05) is 19.1 Å². The molecule has 17 nitrogen and oxygen atoms in total. The number of nitrogens with zero attached hydrogens (tertiary/aromatic N) is 1. The maximum Gasteiger partial charge on any atom is 0.326 e. The van der Waals surface area contributed by atoms with Crippen LogP contribution in [-0.4, -0.2) is 141 Å². The summed E-state index contributed by atoms with van der Waals surface area (Å²) >= 11 is 0. The molecular weight excluding hydrogens is 805 g/mol. The molecule has 11 N–H and O–H groups in total. The minimum Gasteiger partial charge on any atom is -0.480 e. The second kappa shape index (κ2) is 30.2. The molecule has 0 radical (unpaired) electrons. The highest BCUT2D eigenvalue weighted by Gasteiger charge is 2.34. The van der Waals surface area contributed by atoms with E-state index in [0.717, 1.165) is 57.7 Å². The van der Waals surface area contributed by atoms with Crippen molar-refractivity contribution in [3.05, 3.63) is 71.8 Å². The lowest BCUT2D eigenvalue weighted by Gasteiger charge is -2.29. The topological polar surface area (TPSA) is 248 Å². The van der Waals surface area contributed by atoms with Crippen LogP contribution in [0.5, 0.6) is 0 Å². The maximum absolute atomic E-state index is 14.0. The number of amides is 5. The second-order valence-electron chi connectivity index (χ2n) is 16.6. The van der Waals surface area contributed by atoms with Crippen LogP contribution >= 0.6 is 0 Å². The molecule has 0 bridgehead atoms. The van der Waals surface area contributed by atoms with Crippen molar-refractivity contribution in [1.82, 2.24) is 47.4 Å². The van der Waals surface area contributed by atoms with Crippen molar-refractivity contribution in [3.8, 4) is 0 Å². The number of carboxylic acids is 1. The molecular formula is C46H74N10O7. The fourth-order valence-corrected chi connectivity index (χ4v) is 7.29. The van der Waals surface area contributed by atoms with Crippen molar-refractivity contribution in [3.63, 3.8) is 0 Å². The highest BCUT2D eigenvalue weighted by atomic mass is 16.4. The van der Waals surface area contributed by atoms with Crippen molar-refractivity contribution < 1.29 is 33.9 Å². The van der Waals surface area contributed by atoms with E-state index >= 15 is 0 Å². The third-order valence-electron chi connectivity index (χ3n) is 10.9. The first-order valence-corrected chi connectivity index (χ1v) is 22.8. The number of hydrogen-bond acceptors (Lipinski definition) is 11. The molecule has 0 saturated carbocycles. The molecule has 350 valence electrons. The number of carboxylic acid groups (broad SMARTS) is 1. The Balaban J connectivity index is 1.72. The van der Waals surface area contributed by atoms with Crippen molar-refractivity contribution in [2.24, 2.45) is 11.7 Å². The molecule has 5 atom stereocenters. The third kappa shape index (κ3) is 20.9. The SMILES string of the molecule is CCCC(NC(=O)C(CCCCN)NC(=O)CN1CCCNCCNCCCNCC1)C(=O)NC(C(=O)NC(Cc1ccccc1)C(=O)NC(Cc1ccccc1)C(=O)O)C(C)C. The Morgan fingerprint density at radius 3 is 1.73 bits per heavy atom. The molecule has 1 aliphatic rings. The van der Waals surface area contributed by atoms with Gasteiger partial charge in [0.1, 0.15) is 30.2 Å². The van der Waals surface area contributed by atoms with Crippen LogP contribution in [0.4, 0.5) is 0 Å². The Hall–Kier alpha value is -4.94. The number of aliphatic carboxylic acids is 1. The average molecular weight is 879 g/mol. The van der Waals surface area contributed by atoms with Gasteiger partial charge in [-0.1, -0.05) is 87.9 Å². The van der Waals surface area contributed by atoms with Gasteiger partial charge < -0.3 is 53.4 Å². The summed E-state index contributed by atoms with van der Waals surface area (Å²) in [5, 5.41) is 34.3. The minimum atomic E-state index is -1.26. The predicted molar refractivity (Wildman–Crippen MR) is 245 cm³/mol. The van der Waals surface area contributed by atoms with E-state index in [1.165, 1.54) is 0 Å². The van der Waals surface area contributed by atoms with E-state index in [0.29, 0.717) is 50.9 Å². The summed E-state index contributed by atoms with van der Waals surface area (Å²) in [6.45, 7) is 12.4. The van der Waals surface area contributed by atoms with Gasteiger partial charge in [-0.15, -0.1) is 0 Å². The molecule has 17 heteroatoms. The Kier molecular flexibility index (Phi) is 25.1. The number of carbonyl (C=O) groups is 6. The van der Waals surface area contributed by atoms with Crippen molar-refractivity contribution in [2.75, 3.05) is 65.4 Å². The molecule has 5 unspecified atom stereocenters. The molecule has 2 aromatic carbocycles. The van der Waals surface area contributed by atoms with E-state index in [1.54, 1.807) is 62.4 Å². The number of benzene rings is 2. The average Bonchev–Trinajstić information content (AvgIpc) is 3.26. The normalized spacial score (nSPS) is 16.8. The van der Waals surface area contributed by atoms with Crippen molar-refractivity contribution >= 4 is 35.5 Å². The lowest BCUT2D eigenvalue weighted by molar-refractivity contribution is -0.142. The smallest absolute Gasteiger partial charge is 0.326 e. The summed E-state index contributed by atoms with van der Waals surface area (Å²) in [4.78, 5) is 83.6. The Morgan fingerprint density at radius 2 is 1.14 bits per heavy atom. The van der Waals surface area contributed by atoms with E-state index < -0.39 is 65.7 Å². The van der Waals surface area contributed by atoms with E-state index in [4.69, 9.17) is 5.73 Å². The molecule has 2 aromatic rings. The highest BCUT2D eigenvalue weighted by Crippen LogP contribution is 2.11. The fraction of sp³-hybridized carbons (Fsp3) is 0.609. The quantitative estimate of drug-likeness (QED) is 0.0684. The minimum absolute atomic E-state index is 0.0349. The number of nitrogens with two attached hydrogens (primary N) is 1. The second-order valence-corrected chi connectivity index (χ2v) is 16.6. The Morgan fingerprint density at radius 1 is 0.619 bits per heavy atom. The number of unbranched alkanes of at least 4 members (excludes halogenated alkanes) is 1. The number of hydrogen-bond donors (Lipinski definition) is 10. The summed E-state index contributed by atoms with van der Waals surface area (Å²) < 4.78 is 0. The largest absolute Gasteiger partial charge is 0.480 e. The van der Waals surface area contributed by atoms with Gasteiger partial charge in [0.25, 0.3) is 0 Å². The van der Waals surface area contributed by atoms with Crippen LogP contribution in [0.2, 0.25) is 0 Å². The van der Waals surface area contributed by atoms with Crippen LogP contribution in [0, 0.1) is 5.92 Å². The third-order valence-corrected chi connectivity index (χ3v) is 10.9. The lowest BCUT2D eigenvalue weighted by atomic mass is 9.99. The van der Waals surface area contributed by atoms with Crippen molar-refractivity contribution in [2.45, 2.75) is 109 Å². The Bertz CT molecular complexity index is 1660. The van der Waals surface area contributed by atoms with Crippen LogP contribution in [0.1, 0.15) is 76.8 Å². The standard InChI is InChI=1S/C46H74N10O7/c1-4-15-36(52-42(58)37(20-11-12-21-47)51-40(57)32-56-28-14-24-49-26-25-48-22-13-23-50-27-29-56)43(59)55-41(33(2)3)45(61)53-38(30-34-16-7-5-8-17-34)44(60)54-39(46(62)63)31-35-18-9-6-10-19-35/h5-10,16-19,33,36-39,41,48-50H,4,11-15,20-32,47H2,1-3H3,(H,51,57)(H,52,58)(H,53,61)(H,54,60)(H,55,59)(H,62,63). The number of carbonyl (C=O) groups excluding carboxylic acids is 5. The van der Waals surface area contributed by atoms with Crippen LogP contribution < -0.4 is 48.3 Å². The molecule has 1 fully saturated rings. The van der Waals surface area contributed by atoms with Gasteiger partial charge in [-0.25, -0.2) is 4.79 Å². The first-order valence-electron chi connectivity index (χ1n) is 22.8. The van der Waals surface area contributed by atoms with Gasteiger partial charge in [0.15, 0.2) is 0 Å². The monoisotopic (exact) mass is 879 g/mol. The molecule has 3 rings (SSSR count). The zero-order valence-corrected chi connectivity index (χ0v) is 37.6. The molecule has 5 amide bonds. The van der Waals surface area contributed by atoms with Gasteiger partial charge in [-0.2, -0.15) is 0 Å². The summed E-state index contributed by atoms with van der Waals surface area (Å²) in [7, 11) is 0. The molecule has 1 heterocycles. The molecule has 0 spiro atoms. The zero-order chi connectivity index (χ0) is 45.8. The van der Waals surface area contributed by atoms with Gasteiger partial charge in [-0.05, 0) is 88.3 Å². The zero-order valence-electron chi connectivity index (χ0n) is 37.6. The van der Waals surface area contributed by atoms with Crippen LogP contribution in [0.3, 0.4) is 0 Å². The number of rotatable bonds is 23. The summed E-state index contributed by atoms with van der Waals surface area (Å²) in [6.07, 6.45) is 4.30. The van der Waals surface area contributed by atoms with Crippen LogP contribution in [-0.2, 0) is 41.6 Å². The molecule has 1 saturated heterocycles. The fourth-order valence-electron chi connectivity index (χ4n) is 7.29. The van der Waals surface area contributed by atoms with Gasteiger partial charge >= 0.3 is 5.97 Å². The molecule has 1 aliphatic heterocycles. The molecule has 0 aliphatic carbocycles. The first-order chi connectivity index (χ1) is 30.4. The van der Waals surface area contributed by atoms with Gasteiger partial charge in [0, 0.05) is 39.0 Å². The van der Waals surface area contributed by atoms with E-state index in [-0.39, 0.29) is 31.7 Å². The molecule has 0 aromatic heterocycles. The van der Waals surface area contributed by atoms with Crippen molar-refractivity contribution in [1.29, 1.82) is 0 Å².